The number of anilines is 3. The van der Waals surface area contributed by atoms with Crippen LogP contribution in [0.1, 0.15) is 79.3 Å². The summed E-state index contributed by atoms with van der Waals surface area (Å²) in [6.07, 6.45) is 9.23. The first kappa shape index (κ1) is 30.6. The van der Waals surface area contributed by atoms with Gasteiger partial charge in [-0.05, 0) is 74.1 Å². The van der Waals surface area contributed by atoms with Crippen molar-refractivity contribution < 1.29 is 9.59 Å². The van der Waals surface area contributed by atoms with Crippen molar-refractivity contribution in [3.05, 3.63) is 83.5 Å². The first-order valence-corrected chi connectivity index (χ1v) is 16.5. The van der Waals surface area contributed by atoms with Crippen LogP contribution in [0.2, 0.25) is 0 Å². The lowest BCUT2D eigenvalue weighted by atomic mass is 10.1. The summed E-state index contributed by atoms with van der Waals surface area (Å²) in [5.74, 6) is 1.80. The number of aryl methyl sites for hydroxylation is 1. The van der Waals surface area contributed by atoms with E-state index < -0.39 is 0 Å². The number of nitrogens with zero attached hydrogens (tertiary/aromatic N) is 8. The minimum Gasteiger partial charge on any atom is -0.379 e. The SMILES string of the molecule is CC.Cc1ccnc([C@H]2CC2c2ccc3c(N(C)C)cc(NCc4cn5cc(C6CC6)cc(N6CC(=O)N(C)C6=O)c5n4)cc3n2)n1. The normalized spacial score (nSPS) is 18.9. The van der Waals surface area contributed by atoms with Crippen LogP contribution in [-0.4, -0.2) is 68.9 Å². The second kappa shape index (κ2) is 11.9. The van der Waals surface area contributed by atoms with Gasteiger partial charge in [-0.2, -0.15) is 0 Å². The Kier molecular flexibility index (Phi) is 7.77. The Bertz CT molecular complexity index is 2020. The quantitative estimate of drug-likeness (QED) is 0.201. The molecule has 11 heteroatoms. The lowest BCUT2D eigenvalue weighted by Gasteiger charge is -2.18. The lowest BCUT2D eigenvalue weighted by molar-refractivity contribution is -0.123. The molecule has 11 nitrogen and oxygen atoms in total. The number of hydrogen-bond acceptors (Lipinski definition) is 8. The summed E-state index contributed by atoms with van der Waals surface area (Å²) in [6, 6.07) is 12.2. The summed E-state index contributed by atoms with van der Waals surface area (Å²) in [5, 5.41) is 4.67. The van der Waals surface area contributed by atoms with Crippen LogP contribution >= 0.6 is 0 Å². The molecule has 4 aromatic heterocycles. The number of likely N-dealkylation sites (N-methyl/N-ethyl adjacent to an activating group) is 1. The second-order valence-electron chi connectivity index (χ2n) is 12.8. The van der Waals surface area contributed by atoms with Crippen LogP contribution in [0.4, 0.5) is 21.9 Å². The predicted molar refractivity (Wildman–Crippen MR) is 184 cm³/mol. The number of carbonyl (C=O) groups is 2. The van der Waals surface area contributed by atoms with E-state index in [0.29, 0.717) is 35.6 Å². The Morgan fingerprint density at radius 2 is 1.79 bits per heavy atom. The first-order chi connectivity index (χ1) is 22.7. The van der Waals surface area contributed by atoms with Crippen LogP contribution in [0.3, 0.4) is 0 Å². The van der Waals surface area contributed by atoms with Crippen LogP contribution in [0, 0.1) is 6.92 Å². The van der Waals surface area contributed by atoms with Gasteiger partial charge < -0.3 is 14.6 Å². The summed E-state index contributed by atoms with van der Waals surface area (Å²) >= 11 is 0. The summed E-state index contributed by atoms with van der Waals surface area (Å²) in [6.45, 7) is 6.51. The number of fused-ring (bicyclic) bond motifs is 2. The zero-order valence-electron chi connectivity index (χ0n) is 27.9. The molecule has 5 aromatic rings. The minimum atomic E-state index is -0.319. The average Bonchev–Trinajstić information content (AvgIpc) is 4.01. The van der Waals surface area contributed by atoms with Crippen LogP contribution in [-0.2, 0) is 11.3 Å². The van der Waals surface area contributed by atoms with Gasteiger partial charge in [0.05, 0.1) is 23.4 Å². The summed E-state index contributed by atoms with van der Waals surface area (Å²) in [4.78, 5) is 49.3. The van der Waals surface area contributed by atoms with E-state index in [4.69, 9.17) is 9.97 Å². The number of urea groups is 1. The van der Waals surface area contributed by atoms with E-state index in [1.54, 1.807) is 4.90 Å². The number of pyridine rings is 2. The molecule has 3 amide bonds. The first-order valence-electron chi connectivity index (χ1n) is 16.5. The van der Waals surface area contributed by atoms with Crippen LogP contribution in [0.15, 0.2) is 55.0 Å². The number of rotatable bonds is 8. The summed E-state index contributed by atoms with van der Waals surface area (Å²) in [7, 11) is 5.61. The maximum atomic E-state index is 12.9. The van der Waals surface area contributed by atoms with Gasteiger partial charge in [-0.15, -0.1) is 0 Å². The number of imide groups is 1. The molecule has 1 N–H and O–H groups in total. The second-order valence-corrected chi connectivity index (χ2v) is 12.8. The van der Waals surface area contributed by atoms with E-state index in [1.165, 1.54) is 17.5 Å². The van der Waals surface area contributed by atoms with E-state index in [0.717, 1.165) is 64.4 Å². The van der Waals surface area contributed by atoms with E-state index in [1.807, 2.05) is 63.8 Å². The summed E-state index contributed by atoms with van der Waals surface area (Å²) in [5.41, 5.74) is 8.37. The molecular weight excluding hydrogens is 590 g/mol. The molecule has 3 aliphatic rings. The van der Waals surface area contributed by atoms with Crippen molar-refractivity contribution in [3.63, 3.8) is 0 Å². The maximum absolute atomic E-state index is 12.9. The van der Waals surface area contributed by atoms with Crippen molar-refractivity contribution in [1.29, 1.82) is 0 Å². The Morgan fingerprint density at radius 3 is 2.49 bits per heavy atom. The fraction of sp³-hybridized carbons (Fsp3) is 0.389. The molecule has 1 saturated heterocycles. The van der Waals surface area contributed by atoms with Crippen LogP contribution < -0.4 is 15.1 Å². The zero-order valence-corrected chi connectivity index (χ0v) is 27.9. The van der Waals surface area contributed by atoms with Crippen LogP contribution in [0.5, 0.6) is 0 Å². The molecule has 0 radical (unpaired) electrons. The highest BCUT2D eigenvalue weighted by Crippen LogP contribution is 2.53. The summed E-state index contributed by atoms with van der Waals surface area (Å²) < 4.78 is 2.00. The van der Waals surface area contributed by atoms with E-state index in [2.05, 4.69) is 50.6 Å². The third kappa shape index (κ3) is 5.75. The van der Waals surface area contributed by atoms with Gasteiger partial charge in [0.25, 0.3) is 0 Å². The van der Waals surface area contributed by atoms with Crippen molar-refractivity contribution in [2.75, 3.05) is 42.8 Å². The number of imidazole rings is 1. The standard InChI is InChI=1S/C34H35N9O2.C2H6/c1-19-9-10-35-32(37-19)26-14-25(26)27-8-7-24-28(39-27)12-22(13-29(24)40(2)3)36-15-23-17-42-16-21(20-5-6-20)11-30(33(42)38-23)43-18-31(44)41(4)34(43)45;1-2/h7-13,16-17,20,25-26,36H,5-6,14-15,18H2,1-4H3;1-2H3/t25?,26-;/m0./s1. The highest BCUT2D eigenvalue weighted by Gasteiger charge is 2.43. The third-order valence-electron chi connectivity index (χ3n) is 9.21. The van der Waals surface area contributed by atoms with Gasteiger partial charge in [0.1, 0.15) is 12.4 Å². The molecule has 47 heavy (non-hydrogen) atoms. The molecule has 2 saturated carbocycles. The van der Waals surface area contributed by atoms with Gasteiger partial charge >= 0.3 is 6.03 Å². The molecule has 2 atom stereocenters. The van der Waals surface area contributed by atoms with Gasteiger partial charge in [0, 0.05) is 79.7 Å². The Balaban J connectivity index is 0.00000172. The van der Waals surface area contributed by atoms with Crippen LogP contribution in [0.25, 0.3) is 16.6 Å². The van der Waals surface area contributed by atoms with Gasteiger partial charge in [-0.25, -0.2) is 19.7 Å². The largest absolute Gasteiger partial charge is 0.379 e. The molecule has 8 rings (SSSR count). The predicted octanol–water partition coefficient (Wildman–Crippen LogP) is 6.23. The Morgan fingerprint density at radius 1 is 0.979 bits per heavy atom. The third-order valence-corrected chi connectivity index (χ3v) is 9.21. The van der Waals surface area contributed by atoms with Gasteiger partial charge in [0.2, 0.25) is 5.91 Å². The zero-order chi connectivity index (χ0) is 33.0. The number of amides is 3. The number of carbonyl (C=O) groups excluding carboxylic acids is 2. The van der Waals surface area contributed by atoms with Crippen molar-refractivity contribution in [2.24, 2.45) is 0 Å². The maximum Gasteiger partial charge on any atom is 0.331 e. The van der Waals surface area contributed by atoms with Gasteiger partial charge in [-0.1, -0.05) is 13.8 Å². The topological polar surface area (TPSA) is 112 Å². The number of nitrogens with one attached hydrogen (secondary N) is 1. The molecule has 3 fully saturated rings. The lowest BCUT2D eigenvalue weighted by Crippen LogP contribution is -2.30. The van der Waals surface area contributed by atoms with E-state index >= 15 is 0 Å². The molecule has 1 aliphatic heterocycles. The molecule has 0 bridgehead atoms. The van der Waals surface area contributed by atoms with Crippen molar-refractivity contribution >= 4 is 45.6 Å². The average molecular weight is 632 g/mol. The molecule has 5 heterocycles. The molecular formula is C36H41N9O2. The van der Waals surface area contributed by atoms with Gasteiger partial charge in [-0.3, -0.25) is 19.6 Å². The molecule has 1 aromatic carbocycles. The van der Waals surface area contributed by atoms with E-state index in [-0.39, 0.29) is 18.5 Å². The number of benzene rings is 1. The Labute approximate surface area is 274 Å². The monoisotopic (exact) mass is 631 g/mol. The fourth-order valence-corrected chi connectivity index (χ4v) is 6.42. The molecule has 242 valence electrons. The molecule has 0 spiro atoms. The minimum absolute atomic E-state index is 0.0264. The highest BCUT2D eigenvalue weighted by atomic mass is 16.2. The van der Waals surface area contributed by atoms with E-state index in [9.17, 15) is 9.59 Å². The smallest absolute Gasteiger partial charge is 0.331 e. The Hall–Kier alpha value is -5.06. The highest BCUT2D eigenvalue weighted by molar-refractivity contribution is 6.13. The van der Waals surface area contributed by atoms with Crippen molar-refractivity contribution in [3.8, 4) is 0 Å². The van der Waals surface area contributed by atoms with Gasteiger partial charge in [0.15, 0.2) is 5.65 Å². The molecule has 2 aliphatic carbocycles. The van der Waals surface area contributed by atoms with Crippen molar-refractivity contribution in [2.45, 2.75) is 64.3 Å². The number of hydrogen-bond donors (Lipinski definition) is 1. The molecule has 1 unspecified atom stereocenters. The number of aromatic nitrogens is 5. The van der Waals surface area contributed by atoms with Crippen molar-refractivity contribution in [1.82, 2.24) is 29.2 Å². The fourth-order valence-electron chi connectivity index (χ4n) is 6.42.